The van der Waals surface area contributed by atoms with Crippen LogP contribution in [0, 0.1) is 0 Å². The van der Waals surface area contributed by atoms with Crippen molar-refractivity contribution < 1.29 is 18.3 Å². The van der Waals surface area contributed by atoms with Gasteiger partial charge in [-0.3, -0.25) is 4.90 Å². The Morgan fingerprint density at radius 2 is 1.90 bits per heavy atom. The number of halogens is 4. The molecular weight excluding hydrogens is 293 g/mol. The molecule has 0 spiro atoms. The van der Waals surface area contributed by atoms with E-state index in [1.807, 2.05) is 4.90 Å². The van der Waals surface area contributed by atoms with E-state index in [-0.39, 0.29) is 11.6 Å². The topological polar surface area (TPSA) is 35.5 Å². The van der Waals surface area contributed by atoms with Gasteiger partial charge in [-0.1, -0.05) is 11.6 Å². The van der Waals surface area contributed by atoms with Crippen molar-refractivity contribution >= 4 is 11.6 Å². The molecule has 0 saturated carbocycles. The first kappa shape index (κ1) is 15.6. The van der Waals surface area contributed by atoms with Gasteiger partial charge in [0.15, 0.2) is 0 Å². The molecule has 0 amide bonds. The van der Waals surface area contributed by atoms with E-state index in [2.05, 4.69) is 5.32 Å². The Kier molecular flexibility index (Phi) is 4.90. The molecule has 0 bridgehead atoms. The predicted molar refractivity (Wildman–Crippen MR) is 70.7 cm³/mol. The lowest BCUT2D eigenvalue weighted by Gasteiger charge is -2.34. The fraction of sp³-hybridized carbons (Fsp3) is 0.538. The van der Waals surface area contributed by atoms with Crippen LogP contribution in [0.15, 0.2) is 18.2 Å². The summed E-state index contributed by atoms with van der Waals surface area (Å²) in [6.07, 6.45) is -4.44. The summed E-state index contributed by atoms with van der Waals surface area (Å²) in [6.45, 7) is 2.63. The Balaban J connectivity index is 2.31. The van der Waals surface area contributed by atoms with Gasteiger partial charge in [0.1, 0.15) is 0 Å². The molecule has 1 heterocycles. The van der Waals surface area contributed by atoms with Gasteiger partial charge in [-0.2, -0.15) is 13.2 Å². The summed E-state index contributed by atoms with van der Waals surface area (Å²) in [6, 6.07) is 2.99. The van der Waals surface area contributed by atoms with E-state index in [0.717, 1.165) is 25.2 Å². The van der Waals surface area contributed by atoms with Crippen LogP contribution in [-0.2, 0) is 6.18 Å². The van der Waals surface area contributed by atoms with Crippen molar-refractivity contribution in [3.05, 3.63) is 34.3 Å². The van der Waals surface area contributed by atoms with Gasteiger partial charge in [0.25, 0.3) is 0 Å². The maximum absolute atomic E-state index is 12.8. The van der Waals surface area contributed by atoms with Crippen LogP contribution in [0.1, 0.15) is 17.2 Å². The Hall–Kier alpha value is -0.820. The second kappa shape index (κ2) is 6.30. The van der Waals surface area contributed by atoms with Crippen LogP contribution in [-0.4, -0.2) is 42.8 Å². The highest BCUT2D eigenvalue weighted by molar-refractivity contribution is 6.30. The first-order valence-electron chi connectivity index (χ1n) is 6.35. The molecule has 1 aliphatic rings. The average molecular weight is 309 g/mol. The number of benzene rings is 1. The molecule has 3 nitrogen and oxygen atoms in total. The number of hydrogen-bond donors (Lipinski definition) is 2. The second-order valence-corrected chi connectivity index (χ2v) is 5.19. The molecule has 2 N–H and O–H groups in total. The third kappa shape index (κ3) is 3.63. The predicted octanol–water partition coefficient (Wildman–Crippen LogP) is 2.30. The Morgan fingerprint density at radius 1 is 1.25 bits per heavy atom. The van der Waals surface area contributed by atoms with Gasteiger partial charge in [-0.05, 0) is 23.8 Å². The number of nitrogens with one attached hydrogen (secondary N) is 1. The summed E-state index contributed by atoms with van der Waals surface area (Å²) in [4.78, 5) is 1.96. The van der Waals surface area contributed by atoms with Gasteiger partial charge >= 0.3 is 6.18 Å². The van der Waals surface area contributed by atoms with Crippen LogP contribution in [0.4, 0.5) is 13.2 Å². The molecular formula is C13H16ClF3N2O. The third-order valence-electron chi connectivity index (χ3n) is 3.40. The number of alkyl halides is 3. The molecule has 1 aliphatic heterocycles. The summed E-state index contributed by atoms with van der Waals surface area (Å²) in [7, 11) is 0. The van der Waals surface area contributed by atoms with Crippen molar-refractivity contribution in [2.24, 2.45) is 0 Å². The molecule has 1 atom stereocenters. The average Bonchev–Trinajstić information content (AvgIpc) is 2.39. The van der Waals surface area contributed by atoms with E-state index in [9.17, 15) is 18.3 Å². The summed E-state index contributed by atoms with van der Waals surface area (Å²) in [5, 5.41) is 12.7. The Bertz CT molecular complexity index is 461. The van der Waals surface area contributed by atoms with Gasteiger partial charge in [-0.15, -0.1) is 0 Å². The minimum absolute atomic E-state index is 0.0309. The zero-order valence-electron chi connectivity index (χ0n) is 10.8. The maximum atomic E-state index is 12.8. The monoisotopic (exact) mass is 308 g/mol. The molecule has 0 aromatic heterocycles. The van der Waals surface area contributed by atoms with Crippen molar-refractivity contribution in [2.45, 2.75) is 12.2 Å². The largest absolute Gasteiger partial charge is 0.416 e. The van der Waals surface area contributed by atoms with E-state index in [4.69, 9.17) is 11.6 Å². The lowest BCUT2D eigenvalue weighted by molar-refractivity contribution is -0.137. The zero-order chi connectivity index (χ0) is 14.8. The van der Waals surface area contributed by atoms with Crippen LogP contribution in [0.2, 0.25) is 5.02 Å². The van der Waals surface area contributed by atoms with E-state index in [0.29, 0.717) is 18.7 Å². The van der Waals surface area contributed by atoms with Crippen LogP contribution < -0.4 is 5.32 Å². The van der Waals surface area contributed by atoms with E-state index < -0.39 is 17.8 Å². The minimum atomic E-state index is -4.44. The first-order chi connectivity index (χ1) is 9.41. The van der Waals surface area contributed by atoms with Crippen molar-refractivity contribution in [2.75, 3.05) is 32.8 Å². The summed E-state index contributed by atoms with van der Waals surface area (Å²) in [5.41, 5.74) is -0.386. The number of rotatable bonds is 3. The van der Waals surface area contributed by atoms with Crippen LogP contribution in [0.5, 0.6) is 0 Å². The minimum Gasteiger partial charge on any atom is -0.394 e. The van der Waals surface area contributed by atoms with Crippen molar-refractivity contribution in [1.82, 2.24) is 10.2 Å². The van der Waals surface area contributed by atoms with E-state index >= 15 is 0 Å². The lowest BCUT2D eigenvalue weighted by atomic mass is 10.0. The molecule has 0 unspecified atom stereocenters. The van der Waals surface area contributed by atoms with E-state index in [1.54, 1.807) is 0 Å². The van der Waals surface area contributed by atoms with Gasteiger partial charge in [0, 0.05) is 31.2 Å². The molecule has 0 radical (unpaired) electrons. The quantitative estimate of drug-likeness (QED) is 0.899. The maximum Gasteiger partial charge on any atom is 0.416 e. The standard InChI is InChI=1S/C13H16ClF3N2O/c14-11-6-9(5-10(7-11)13(15,16)17)12(8-20)19-3-1-18-2-4-19/h5-7,12,18,20H,1-4,8H2/t12-/m1/s1. The Labute approximate surface area is 120 Å². The summed E-state index contributed by atoms with van der Waals surface area (Å²) in [5.74, 6) is 0. The molecule has 1 fully saturated rings. The van der Waals surface area contributed by atoms with Crippen LogP contribution >= 0.6 is 11.6 Å². The highest BCUT2D eigenvalue weighted by Gasteiger charge is 2.32. The molecule has 0 aliphatic carbocycles. The highest BCUT2D eigenvalue weighted by atomic mass is 35.5. The molecule has 20 heavy (non-hydrogen) atoms. The third-order valence-corrected chi connectivity index (χ3v) is 3.62. The molecule has 1 aromatic rings. The molecule has 112 valence electrons. The van der Waals surface area contributed by atoms with Crippen molar-refractivity contribution in [1.29, 1.82) is 0 Å². The number of aliphatic hydroxyl groups is 1. The Morgan fingerprint density at radius 3 is 2.45 bits per heavy atom. The summed E-state index contributed by atoms with van der Waals surface area (Å²) < 4.78 is 38.4. The van der Waals surface area contributed by atoms with Crippen LogP contribution in [0.3, 0.4) is 0 Å². The fourth-order valence-electron chi connectivity index (χ4n) is 2.39. The number of piperazine rings is 1. The number of aliphatic hydroxyl groups excluding tert-OH is 1. The van der Waals surface area contributed by atoms with Gasteiger partial charge in [0.2, 0.25) is 0 Å². The van der Waals surface area contributed by atoms with Gasteiger partial charge in [0.05, 0.1) is 18.2 Å². The first-order valence-corrected chi connectivity index (χ1v) is 6.73. The molecule has 2 rings (SSSR count). The lowest BCUT2D eigenvalue weighted by Crippen LogP contribution is -2.46. The zero-order valence-corrected chi connectivity index (χ0v) is 11.5. The number of nitrogens with zero attached hydrogens (tertiary/aromatic N) is 1. The van der Waals surface area contributed by atoms with Gasteiger partial charge < -0.3 is 10.4 Å². The SMILES string of the molecule is OC[C@H](c1cc(Cl)cc(C(F)(F)F)c1)N1CCNCC1. The van der Waals surface area contributed by atoms with Gasteiger partial charge in [-0.25, -0.2) is 0 Å². The van der Waals surface area contributed by atoms with Crippen molar-refractivity contribution in [3.63, 3.8) is 0 Å². The summed E-state index contributed by atoms with van der Waals surface area (Å²) >= 11 is 5.78. The normalized spacial score (nSPS) is 19.1. The van der Waals surface area contributed by atoms with Crippen LogP contribution in [0.25, 0.3) is 0 Å². The highest BCUT2D eigenvalue weighted by Crippen LogP contribution is 2.34. The molecule has 1 aromatic carbocycles. The second-order valence-electron chi connectivity index (χ2n) is 4.76. The molecule has 7 heteroatoms. The number of hydrogen-bond acceptors (Lipinski definition) is 3. The molecule has 1 saturated heterocycles. The van der Waals surface area contributed by atoms with Crippen molar-refractivity contribution in [3.8, 4) is 0 Å². The fourth-order valence-corrected chi connectivity index (χ4v) is 2.64. The van der Waals surface area contributed by atoms with E-state index in [1.165, 1.54) is 6.07 Å². The smallest absolute Gasteiger partial charge is 0.394 e.